The first-order chi connectivity index (χ1) is 12.7. The molecule has 0 bridgehead atoms. The third kappa shape index (κ3) is 4.61. The molecule has 3 rings (SSSR count). The lowest BCUT2D eigenvalue weighted by Gasteiger charge is -2.05. The predicted octanol–water partition coefficient (Wildman–Crippen LogP) is 3.65. The second kappa shape index (κ2) is 8.49. The average molecular weight is 372 g/mol. The molecule has 0 atom stereocenters. The summed E-state index contributed by atoms with van der Waals surface area (Å²) >= 11 is 6.11. The van der Waals surface area contributed by atoms with Gasteiger partial charge >= 0.3 is 0 Å². The van der Waals surface area contributed by atoms with Gasteiger partial charge in [0, 0.05) is 19.4 Å². The van der Waals surface area contributed by atoms with E-state index in [4.69, 9.17) is 20.8 Å². The Balaban J connectivity index is 1.49. The molecule has 0 aliphatic heterocycles. The molecule has 26 heavy (non-hydrogen) atoms. The van der Waals surface area contributed by atoms with Crippen molar-refractivity contribution in [1.29, 1.82) is 0 Å². The maximum atomic E-state index is 12.0. The summed E-state index contributed by atoms with van der Waals surface area (Å²) in [5.41, 5.74) is 1.68. The van der Waals surface area contributed by atoms with Gasteiger partial charge in [-0.1, -0.05) is 35.9 Å². The lowest BCUT2D eigenvalue weighted by atomic mass is 10.2. The van der Waals surface area contributed by atoms with Crippen molar-refractivity contribution in [2.75, 3.05) is 7.11 Å². The van der Waals surface area contributed by atoms with Crippen LogP contribution in [-0.2, 0) is 17.8 Å². The highest BCUT2D eigenvalue weighted by molar-refractivity contribution is 6.33. The molecule has 0 aliphatic rings. The van der Waals surface area contributed by atoms with Crippen LogP contribution in [0.15, 0.2) is 52.9 Å². The van der Waals surface area contributed by atoms with Crippen LogP contribution in [0.2, 0.25) is 5.02 Å². The second-order valence-corrected chi connectivity index (χ2v) is 6.01. The summed E-state index contributed by atoms with van der Waals surface area (Å²) < 4.78 is 10.7. The third-order valence-electron chi connectivity index (χ3n) is 3.79. The van der Waals surface area contributed by atoms with Crippen LogP contribution in [0.1, 0.15) is 17.9 Å². The number of halogens is 1. The number of carbonyl (C=O) groups excluding carboxylic acids is 1. The molecule has 0 saturated heterocycles. The van der Waals surface area contributed by atoms with Crippen molar-refractivity contribution in [2.45, 2.75) is 19.4 Å². The van der Waals surface area contributed by atoms with E-state index in [0.29, 0.717) is 35.3 Å². The molecule has 1 N–H and O–H groups in total. The Morgan fingerprint density at radius 2 is 1.92 bits per heavy atom. The molecule has 6 nitrogen and oxygen atoms in total. The van der Waals surface area contributed by atoms with Crippen LogP contribution in [0.5, 0.6) is 5.75 Å². The molecule has 0 saturated carbocycles. The summed E-state index contributed by atoms with van der Waals surface area (Å²) in [4.78, 5) is 12.0. The number of aryl methyl sites for hydroxylation is 1. The van der Waals surface area contributed by atoms with Gasteiger partial charge in [0.15, 0.2) is 0 Å². The topological polar surface area (TPSA) is 77.2 Å². The molecule has 0 spiro atoms. The number of ether oxygens (including phenoxy) is 1. The molecule has 7 heteroatoms. The van der Waals surface area contributed by atoms with Gasteiger partial charge in [0.05, 0.1) is 17.7 Å². The van der Waals surface area contributed by atoms with E-state index >= 15 is 0 Å². The molecule has 0 fully saturated rings. The summed E-state index contributed by atoms with van der Waals surface area (Å²) in [6.45, 7) is 0.456. The molecule has 0 radical (unpaired) electrons. The Bertz CT molecular complexity index is 878. The lowest BCUT2D eigenvalue weighted by molar-refractivity contribution is -0.121. The van der Waals surface area contributed by atoms with E-state index < -0.39 is 0 Å². The van der Waals surface area contributed by atoms with Gasteiger partial charge in [-0.2, -0.15) is 0 Å². The number of aromatic nitrogens is 2. The summed E-state index contributed by atoms with van der Waals surface area (Å²) in [5, 5.41) is 11.4. The number of amides is 1. The minimum Gasteiger partial charge on any atom is -0.497 e. The minimum atomic E-state index is -0.0849. The first kappa shape index (κ1) is 17.9. The van der Waals surface area contributed by atoms with Gasteiger partial charge in [-0.25, -0.2) is 0 Å². The second-order valence-electron chi connectivity index (χ2n) is 5.61. The van der Waals surface area contributed by atoms with E-state index in [9.17, 15) is 4.79 Å². The number of nitrogens with zero attached hydrogens (tertiary/aromatic N) is 2. The SMILES string of the molecule is COc1ccc(CNC(=O)CCc2nnc(-c3ccccc3Cl)o2)cc1. The Morgan fingerprint density at radius 1 is 1.15 bits per heavy atom. The van der Waals surface area contributed by atoms with Crippen molar-refractivity contribution in [1.82, 2.24) is 15.5 Å². The summed E-state index contributed by atoms with van der Waals surface area (Å²) in [6, 6.07) is 14.8. The van der Waals surface area contributed by atoms with Crippen molar-refractivity contribution in [3.8, 4) is 17.2 Å². The fourth-order valence-corrected chi connectivity index (χ4v) is 2.57. The Labute approximate surface area is 156 Å². The zero-order valence-corrected chi connectivity index (χ0v) is 15.0. The van der Waals surface area contributed by atoms with Crippen molar-refractivity contribution >= 4 is 17.5 Å². The highest BCUT2D eigenvalue weighted by Gasteiger charge is 2.12. The number of benzene rings is 2. The highest BCUT2D eigenvalue weighted by Crippen LogP contribution is 2.26. The maximum Gasteiger partial charge on any atom is 0.249 e. The first-order valence-electron chi connectivity index (χ1n) is 8.12. The first-order valence-corrected chi connectivity index (χ1v) is 8.50. The maximum absolute atomic E-state index is 12.0. The van der Waals surface area contributed by atoms with Crippen molar-refractivity contribution in [2.24, 2.45) is 0 Å². The molecule has 0 unspecified atom stereocenters. The van der Waals surface area contributed by atoms with Crippen LogP contribution in [0.3, 0.4) is 0 Å². The Hall–Kier alpha value is -2.86. The van der Waals surface area contributed by atoms with Crippen LogP contribution >= 0.6 is 11.6 Å². The van der Waals surface area contributed by atoms with Crippen molar-refractivity contribution < 1.29 is 13.9 Å². The van der Waals surface area contributed by atoms with Gasteiger partial charge in [-0.3, -0.25) is 4.79 Å². The molecule has 134 valence electrons. The normalized spacial score (nSPS) is 10.5. The summed E-state index contributed by atoms with van der Waals surface area (Å²) in [7, 11) is 1.62. The third-order valence-corrected chi connectivity index (χ3v) is 4.12. The van der Waals surface area contributed by atoms with E-state index in [-0.39, 0.29) is 12.3 Å². The molecule has 1 heterocycles. The van der Waals surface area contributed by atoms with Gasteiger partial charge in [0.25, 0.3) is 0 Å². The van der Waals surface area contributed by atoms with Gasteiger partial charge in [-0.05, 0) is 29.8 Å². The van der Waals surface area contributed by atoms with E-state index in [1.54, 1.807) is 19.2 Å². The van der Waals surface area contributed by atoms with Crippen LogP contribution in [0.25, 0.3) is 11.5 Å². The molecular weight excluding hydrogens is 354 g/mol. The van der Waals surface area contributed by atoms with Crippen LogP contribution in [-0.4, -0.2) is 23.2 Å². The highest BCUT2D eigenvalue weighted by atomic mass is 35.5. The fourth-order valence-electron chi connectivity index (χ4n) is 2.35. The number of hydrogen-bond donors (Lipinski definition) is 1. The van der Waals surface area contributed by atoms with Crippen molar-refractivity contribution in [3.05, 3.63) is 65.0 Å². The number of carbonyl (C=O) groups is 1. The van der Waals surface area contributed by atoms with Crippen LogP contribution in [0.4, 0.5) is 0 Å². The van der Waals surface area contributed by atoms with E-state index in [0.717, 1.165) is 11.3 Å². The molecule has 1 amide bonds. The molecule has 3 aromatic rings. The van der Waals surface area contributed by atoms with Crippen molar-refractivity contribution in [3.63, 3.8) is 0 Å². The smallest absolute Gasteiger partial charge is 0.249 e. The minimum absolute atomic E-state index is 0.0849. The van der Waals surface area contributed by atoms with E-state index in [2.05, 4.69) is 15.5 Å². The van der Waals surface area contributed by atoms with E-state index in [1.165, 1.54) is 0 Å². The fraction of sp³-hybridized carbons (Fsp3) is 0.211. The molecule has 2 aromatic carbocycles. The van der Waals surface area contributed by atoms with Gasteiger partial charge in [-0.15, -0.1) is 10.2 Å². The number of nitrogens with one attached hydrogen (secondary N) is 1. The lowest BCUT2D eigenvalue weighted by Crippen LogP contribution is -2.23. The summed E-state index contributed by atoms with van der Waals surface area (Å²) in [5.74, 6) is 1.45. The average Bonchev–Trinajstić information content (AvgIpc) is 3.14. The number of methoxy groups -OCH3 is 1. The Morgan fingerprint density at radius 3 is 2.65 bits per heavy atom. The summed E-state index contributed by atoms with van der Waals surface area (Å²) in [6.07, 6.45) is 0.631. The Kier molecular flexibility index (Phi) is 5.86. The standard InChI is InChI=1S/C19H18ClN3O3/c1-25-14-8-6-13(7-9-14)12-21-17(24)10-11-18-22-23-19(26-18)15-4-2-3-5-16(15)20/h2-9H,10-12H2,1H3,(H,21,24). The van der Waals surface area contributed by atoms with Gasteiger partial charge < -0.3 is 14.5 Å². The number of rotatable bonds is 7. The van der Waals surface area contributed by atoms with Crippen LogP contribution < -0.4 is 10.1 Å². The number of hydrogen-bond acceptors (Lipinski definition) is 5. The van der Waals surface area contributed by atoms with E-state index in [1.807, 2.05) is 36.4 Å². The zero-order chi connectivity index (χ0) is 18.4. The van der Waals surface area contributed by atoms with Gasteiger partial charge in [0.1, 0.15) is 5.75 Å². The zero-order valence-electron chi connectivity index (χ0n) is 14.2. The molecule has 0 aliphatic carbocycles. The van der Waals surface area contributed by atoms with Gasteiger partial charge in [0.2, 0.25) is 17.7 Å². The largest absolute Gasteiger partial charge is 0.497 e. The quantitative estimate of drug-likeness (QED) is 0.686. The van der Waals surface area contributed by atoms with Crippen LogP contribution in [0, 0.1) is 0 Å². The predicted molar refractivity (Wildman–Crippen MR) is 97.9 cm³/mol. The monoisotopic (exact) mass is 371 g/mol. The molecular formula is C19H18ClN3O3. The molecule has 1 aromatic heterocycles.